The summed E-state index contributed by atoms with van der Waals surface area (Å²) in [6.45, 7) is 0.0285. The highest BCUT2D eigenvalue weighted by Crippen LogP contribution is 2.31. The number of aliphatic hydroxyl groups excluding tert-OH is 1. The van der Waals surface area contributed by atoms with Crippen LogP contribution in [0, 0.1) is 0 Å². The van der Waals surface area contributed by atoms with Gasteiger partial charge in [-0.3, -0.25) is 4.79 Å². The fourth-order valence-corrected chi connectivity index (χ4v) is 2.15. The van der Waals surface area contributed by atoms with Gasteiger partial charge in [-0.2, -0.15) is 0 Å². The number of nitrogens with zero attached hydrogens (tertiary/aromatic N) is 1. The highest BCUT2D eigenvalue weighted by molar-refractivity contribution is 6.30. The van der Waals surface area contributed by atoms with E-state index in [9.17, 15) is 4.79 Å². The molecular weight excluding hydrogens is 202 g/mol. The maximum absolute atomic E-state index is 11.5. The number of amides is 1. The summed E-state index contributed by atoms with van der Waals surface area (Å²) in [6.07, 6.45) is 5.54. The van der Waals surface area contributed by atoms with Crippen LogP contribution in [0.2, 0.25) is 0 Å². The van der Waals surface area contributed by atoms with Gasteiger partial charge in [0.1, 0.15) is 0 Å². The maximum atomic E-state index is 11.5. The van der Waals surface area contributed by atoms with E-state index < -0.39 is 0 Å². The van der Waals surface area contributed by atoms with Gasteiger partial charge < -0.3 is 10.0 Å². The number of carbonyl (C=O) groups is 1. The number of hydrogen-bond donors (Lipinski definition) is 1. The molecule has 0 saturated carbocycles. The Morgan fingerprint density at radius 1 is 1.57 bits per heavy atom. The molecule has 3 nitrogen and oxygen atoms in total. The third kappa shape index (κ3) is 1.57. The molecule has 4 heteroatoms. The molecule has 2 aliphatic rings. The van der Waals surface area contributed by atoms with E-state index in [4.69, 9.17) is 16.7 Å². The Bertz CT molecular complexity index is 322. The molecule has 2 rings (SSSR count). The van der Waals surface area contributed by atoms with Crippen molar-refractivity contribution in [3.05, 3.63) is 22.9 Å². The van der Waals surface area contributed by atoms with E-state index in [2.05, 4.69) is 0 Å². The smallest absolute Gasteiger partial charge is 0.227 e. The van der Waals surface area contributed by atoms with Gasteiger partial charge in [-0.25, -0.2) is 0 Å². The Morgan fingerprint density at radius 2 is 2.36 bits per heavy atom. The van der Waals surface area contributed by atoms with Crippen LogP contribution in [0.15, 0.2) is 22.9 Å². The van der Waals surface area contributed by atoms with Crippen molar-refractivity contribution in [1.82, 2.24) is 4.90 Å². The summed E-state index contributed by atoms with van der Waals surface area (Å²) < 4.78 is 0. The van der Waals surface area contributed by atoms with Gasteiger partial charge in [0, 0.05) is 23.6 Å². The molecule has 1 unspecified atom stereocenters. The number of aliphatic hydroxyl groups is 1. The van der Waals surface area contributed by atoms with Crippen LogP contribution in [0.25, 0.3) is 0 Å². The summed E-state index contributed by atoms with van der Waals surface area (Å²) in [4.78, 5) is 13.2. The summed E-state index contributed by atoms with van der Waals surface area (Å²) in [5.74, 6) is 0.0927. The normalized spacial score (nSPS) is 26.9. The highest BCUT2D eigenvalue weighted by atomic mass is 35.5. The monoisotopic (exact) mass is 213 g/mol. The molecule has 0 aromatic rings. The van der Waals surface area contributed by atoms with E-state index in [-0.39, 0.29) is 18.6 Å². The lowest BCUT2D eigenvalue weighted by molar-refractivity contribution is -0.127. The largest absolute Gasteiger partial charge is 0.394 e. The first-order chi connectivity index (χ1) is 6.72. The molecule has 0 radical (unpaired) electrons. The fourth-order valence-electron chi connectivity index (χ4n) is 1.95. The zero-order chi connectivity index (χ0) is 10.1. The summed E-state index contributed by atoms with van der Waals surface area (Å²) >= 11 is 5.83. The lowest BCUT2D eigenvalue weighted by Crippen LogP contribution is -2.34. The second-order valence-corrected chi connectivity index (χ2v) is 4.07. The lowest BCUT2D eigenvalue weighted by atomic mass is 10.2. The molecule has 0 bridgehead atoms. The van der Waals surface area contributed by atoms with E-state index >= 15 is 0 Å². The average Bonchev–Trinajstić information content (AvgIpc) is 2.71. The van der Waals surface area contributed by atoms with Crippen molar-refractivity contribution < 1.29 is 9.90 Å². The van der Waals surface area contributed by atoms with Crippen LogP contribution in [0.1, 0.15) is 19.3 Å². The molecule has 0 spiro atoms. The van der Waals surface area contributed by atoms with Gasteiger partial charge in [-0.05, 0) is 18.6 Å². The molecule has 1 N–H and O–H groups in total. The average molecular weight is 214 g/mol. The van der Waals surface area contributed by atoms with Gasteiger partial charge in [-0.15, -0.1) is 0 Å². The number of likely N-dealkylation sites (tertiary alicyclic amines) is 1. The number of hydrogen-bond acceptors (Lipinski definition) is 2. The number of carbonyl (C=O) groups excluding carboxylic acids is 1. The second-order valence-electron chi connectivity index (χ2n) is 3.59. The minimum absolute atomic E-state index is 0.0285. The van der Waals surface area contributed by atoms with Crippen molar-refractivity contribution in [3.8, 4) is 0 Å². The molecule has 1 aliphatic carbocycles. The van der Waals surface area contributed by atoms with Crippen molar-refractivity contribution >= 4 is 17.5 Å². The van der Waals surface area contributed by atoms with Crippen molar-refractivity contribution in [1.29, 1.82) is 0 Å². The predicted octanol–water partition coefficient (Wildman–Crippen LogP) is 1.38. The SMILES string of the molecule is O=C1CCC(CO)N1C1=CC=C(Cl)C1. The Morgan fingerprint density at radius 3 is 2.93 bits per heavy atom. The molecule has 0 aromatic heterocycles. The van der Waals surface area contributed by atoms with E-state index in [1.165, 1.54) is 0 Å². The molecule has 1 atom stereocenters. The van der Waals surface area contributed by atoms with Crippen molar-refractivity contribution in [3.63, 3.8) is 0 Å². The van der Waals surface area contributed by atoms with E-state index in [0.29, 0.717) is 12.8 Å². The van der Waals surface area contributed by atoms with Crippen LogP contribution >= 0.6 is 11.6 Å². The lowest BCUT2D eigenvalue weighted by Gasteiger charge is -2.24. The van der Waals surface area contributed by atoms with E-state index in [1.54, 1.807) is 11.0 Å². The summed E-state index contributed by atoms with van der Waals surface area (Å²) in [6, 6.07) is -0.0512. The van der Waals surface area contributed by atoms with Gasteiger partial charge in [0.2, 0.25) is 5.91 Å². The molecular formula is C10H12ClNO2. The number of halogens is 1. The Hall–Kier alpha value is -0.800. The first kappa shape index (κ1) is 9.74. The third-order valence-electron chi connectivity index (χ3n) is 2.65. The molecule has 1 fully saturated rings. The van der Waals surface area contributed by atoms with Gasteiger partial charge in [0.05, 0.1) is 12.6 Å². The van der Waals surface area contributed by atoms with Crippen molar-refractivity contribution in [2.75, 3.05) is 6.61 Å². The quantitative estimate of drug-likeness (QED) is 0.753. The summed E-state index contributed by atoms with van der Waals surface area (Å²) in [5, 5.41) is 9.86. The van der Waals surface area contributed by atoms with Gasteiger partial charge in [-0.1, -0.05) is 11.6 Å². The highest BCUT2D eigenvalue weighted by Gasteiger charge is 2.33. The number of allylic oxidation sites excluding steroid dienone is 3. The Kier molecular flexibility index (Phi) is 2.61. The maximum Gasteiger partial charge on any atom is 0.227 e. The molecule has 0 aromatic carbocycles. The molecule has 1 aliphatic heterocycles. The number of rotatable bonds is 2. The van der Waals surface area contributed by atoms with Gasteiger partial charge in [0.15, 0.2) is 0 Å². The molecule has 1 saturated heterocycles. The minimum atomic E-state index is -0.0512. The second kappa shape index (κ2) is 3.75. The van der Waals surface area contributed by atoms with E-state index in [1.807, 2.05) is 6.08 Å². The zero-order valence-corrected chi connectivity index (χ0v) is 8.50. The van der Waals surface area contributed by atoms with Crippen LogP contribution in [0.3, 0.4) is 0 Å². The van der Waals surface area contributed by atoms with Gasteiger partial charge in [0.25, 0.3) is 0 Å². The Balaban J connectivity index is 2.13. The first-order valence-corrected chi connectivity index (χ1v) is 5.08. The summed E-state index contributed by atoms with van der Waals surface area (Å²) in [5.41, 5.74) is 0.913. The molecule has 14 heavy (non-hydrogen) atoms. The van der Waals surface area contributed by atoms with Crippen LogP contribution < -0.4 is 0 Å². The van der Waals surface area contributed by atoms with Crippen LogP contribution in [-0.2, 0) is 4.79 Å². The fraction of sp³-hybridized carbons (Fsp3) is 0.500. The van der Waals surface area contributed by atoms with Gasteiger partial charge >= 0.3 is 0 Å². The molecule has 1 amide bonds. The van der Waals surface area contributed by atoms with Crippen LogP contribution in [-0.4, -0.2) is 28.6 Å². The Labute approximate surface area is 87.7 Å². The summed E-state index contributed by atoms with van der Waals surface area (Å²) in [7, 11) is 0. The van der Waals surface area contributed by atoms with E-state index in [0.717, 1.165) is 17.2 Å². The predicted molar refractivity (Wildman–Crippen MR) is 53.6 cm³/mol. The van der Waals surface area contributed by atoms with Crippen molar-refractivity contribution in [2.24, 2.45) is 0 Å². The molecule has 76 valence electrons. The third-order valence-corrected chi connectivity index (χ3v) is 2.91. The van der Waals surface area contributed by atoms with Crippen LogP contribution in [0.5, 0.6) is 0 Å². The molecule has 1 heterocycles. The first-order valence-electron chi connectivity index (χ1n) is 4.70. The van der Waals surface area contributed by atoms with Crippen LogP contribution in [0.4, 0.5) is 0 Å². The van der Waals surface area contributed by atoms with Crippen molar-refractivity contribution in [2.45, 2.75) is 25.3 Å². The standard InChI is InChI=1S/C10H12ClNO2/c11-7-1-2-8(5-7)12-9(6-13)3-4-10(12)14/h1-2,9,13H,3-6H2. The zero-order valence-electron chi connectivity index (χ0n) is 7.74. The minimum Gasteiger partial charge on any atom is -0.394 e. The topological polar surface area (TPSA) is 40.5 Å².